The molecular formula is C18H26N2O. The minimum Gasteiger partial charge on any atom is -0.444 e. The van der Waals surface area contributed by atoms with E-state index in [0.29, 0.717) is 12.6 Å². The first-order valence-corrected chi connectivity index (χ1v) is 7.70. The van der Waals surface area contributed by atoms with Crippen LogP contribution in [0.25, 0.3) is 0 Å². The van der Waals surface area contributed by atoms with Gasteiger partial charge in [0.1, 0.15) is 5.76 Å². The Bertz CT molecular complexity index is 540. The molecule has 0 aliphatic carbocycles. The lowest BCUT2D eigenvalue weighted by Gasteiger charge is -2.27. The summed E-state index contributed by atoms with van der Waals surface area (Å²) in [5.74, 6) is 1.71. The average molecular weight is 286 g/mol. The van der Waals surface area contributed by atoms with E-state index >= 15 is 0 Å². The fourth-order valence-corrected chi connectivity index (χ4v) is 2.41. The van der Waals surface area contributed by atoms with E-state index in [1.165, 1.54) is 5.56 Å². The van der Waals surface area contributed by atoms with Crippen molar-refractivity contribution in [1.82, 2.24) is 10.3 Å². The summed E-state index contributed by atoms with van der Waals surface area (Å²) in [6.45, 7) is 9.54. The summed E-state index contributed by atoms with van der Waals surface area (Å²) >= 11 is 0. The van der Waals surface area contributed by atoms with Crippen molar-refractivity contribution in [1.29, 1.82) is 0 Å². The second-order valence-corrected chi connectivity index (χ2v) is 6.68. The second kappa shape index (κ2) is 6.90. The summed E-state index contributed by atoms with van der Waals surface area (Å²) in [6, 6.07) is 10.9. The van der Waals surface area contributed by atoms with Crippen LogP contribution in [0.2, 0.25) is 0 Å². The Morgan fingerprint density at radius 3 is 2.48 bits per heavy atom. The molecule has 0 fully saturated rings. The predicted molar refractivity (Wildman–Crippen MR) is 86.0 cm³/mol. The van der Waals surface area contributed by atoms with Gasteiger partial charge >= 0.3 is 0 Å². The van der Waals surface area contributed by atoms with Gasteiger partial charge in [-0.1, -0.05) is 58.0 Å². The SMILES string of the molecule is CCc1cnc(CNC(CC(C)(C)C)c2ccccc2)o1. The van der Waals surface area contributed by atoms with Crippen LogP contribution in [0.15, 0.2) is 40.9 Å². The zero-order valence-electron chi connectivity index (χ0n) is 13.5. The van der Waals surface area contributed by atoms with Crippen molar-refractivity contribution in [2.45, 2.75) is 53.1 Å². The Morgan fingerprint density at radius 1 is 1.19 bits per heavy atom. The van der Waals surface area contributed by atoms with Crippen LogP contribution >= 0.6 is 0 Å². The minimum absolute atomic E-state index is 0.263. The first-order valence-electron chi connectivity index (χ1n) is 7.70. The van der Waals surface area contributed by atoms with Crippen molar-refractivity contribution in [3.05, 3.63) is 53.7 Å². The molecular weight excluding hydrogens is 260 g/mol. The summed E-state index contributed by atoms with van der Waals surface area (Å²) in [4.78, 5) is 4.32. The van der Waals surface area contributed by atoms with E-state index in [4.69, 9.17) is 4.42 Å². The highest BCUT2D eigenvalue weighted by atomic mass is 16.4. The molecule has 1 atom stereocenters. The van der Waals surface area contributed by atoms with Gasteiger partial charge in [0.05, 0.1) is 12.7 Å². The molecule has 1 aromatic heterocycles. The van der Waals surface area contributed by atoms with E-state index in [-0.39, 0.29) is 5.41 Å². The molecule has 21 heavy (non-hydrogen) atoms. The number of nitrogens with one attached hydrogen (secondary N) is 1. The Balaban J connectivity index is 2.05. The Kier molecular flexibility index (Phi) is 5.18. The van der Waals surface area contributed by atoms with Gasteiger partial charge in [-0.3, -0.25) is 0 Å². The molecule has 3 heteroatoms. The molecule has 0 radical (unpaired) electrons. The zero-order chi connectivity index (χ0) is 15.3. The van der Waals surface area contributed by atoms with Gasteiger partial charge in [0.15, 0.2) is 0 Å². The van der Waals surface area contributed by atoms with Crippen LogP contribution in [0.5, 0.6) is 0 Å². The summed E-state index contributed by atoms with van der Waals surface area (Å²) < 4.78 is 5.68. The molecule has 3 nitrogen and oxygen atoms in total. The molecule has 0 aliphatic heterocycles. The van der Waals surface area contributed by atoms with Crippen molar-refractivity contribution < 1.29 is 4.42 Å². The lowest BCUT2D eigenvalue weighted by atomic mass is 9.85. The molecule has 0 spiro atoms. The minimum atomic E-state index is 0.263. The van der Waals surface area contributed by atoms with Gasteiger partial charge in [0, 0.05) is 12.5 Å². The first kappa shape index (κ1) is 15.8. The fourth-order valence-electron chi connectivity index (χ4n) is 2.41. The first-order chi connectivity index (χ1) is 9.98. The van der Waals surface area contributed by atoms with Gasteiger partial charge < -0.3 is 9.73 Å². The van der Waals surface area contributed by atoms with E-state index in [1.807, 2.05) is 6.20 Å². The molecule has 0 bridgehead atoms. The van der Waals surface area contributed by atoms with Crippen molar-refractivity contribution >= 4 is 0 Å². The van der Waals surface area contributed by atoms with Gasteiger partial charge in [-0.2, -0.15) is 0 Å². The molecule has 1 aromatic carbocycles. The quantitative estimate of drug-likeness (QED) is 0.849. The van der Waals surface area contributed by atoms with E-state index in [9.17, 15) is 0 Å². The monoisotopic (exact) mass is 286 g/mol. The zero-order valence-corrected chi connectivity index (χ0v) is 13.5. The van der Waals surface area contributed by atoms with E-state index in [2.05, 4.69) is 68.3 Å². The van der Waals surface area contributed by atoms with Crippen LogP contribution in [0.4, 0.5) is 0 Å². The average Bonchev–Trinajstić information content (AvgIpc) is 2.91. The summed E-state index contributed by atoms with van der Waals surface area (Å²) in [5, 5.41) is 3.59. The second-order valence-electron chi connectivity index (χ2n) is 6.68. The molecule has 0 aliphatic rings. The summed E-state index contributed by atoms with van der Waals surface area (Å²) in [6.07, 6.45) is 3.77. The molecule has 0 saturated carbocycles. The maximum Gasteiger partial charge on any atom is 0.208 e. The maximum atomic E-state index is 5.68. The number of hydrogen-bond acceptors (Lipinski definition) is 3. The molecule has 2 aromatic rings. The molecule has 114 valence electrons. The van der Waals surface area contributed by atoms with Crippen molar-refractivity contribution in [2.75, 3.05) is 0 Å². The highest BCUT2D eigenvalue weighted by molar-refractivity contribution is 5.19. The number of benzene rings is 1. The maximum absolute atomic E-state index is 5.68. The standard InChI is InChI=1S/C18H26N2O/c1-5-15-12-20-17(21-15)13-19-16(11-18(2,3)4)14-9-7-6-8-10-14/h6-10,12,16,19H,5,11,13H2,1-4H3. The van der Waals surface area contributed by atoms with Crippen molar-refractivity contribution in [3.63, 3.8) is 0 Å². The molecule has 0 amide bonds. The third-order valence-corrected chi connectivity index (χ3v) is 3.47. The van der Waals surface area contributed by atoms with Crippen LogP contribution < -0.4 is 5.32 Å². The van der Waals surface area contributed by atoms with E-state index in [1.54, 1.807) is 0 Å². The van der Waals surface area contributed by atoms with Crippen LogP contribution in [-0.2, 0) is 13.0 Å². The molecule has 1 heterocycles. The summed E-state index contributed by atoms with van der Waals surface area (Å²) in [5.41, 5.74) is 1.58. The number of aryl methyl sites for hydroxylation is 1. The highest BCUT2D eigenvalue weighted by Crippen LogP contribution is 2.29. The molecule has 0 saturated heterocycles. The lowest BCUT2D eigenvalue weighted by Crippen LogP contribution is -2.25. The number of hydrogen-bond donors (Lipinski definition) is 1. The van der Waals surface area contributed by atoms with Gasteiger partial charge in [-0.05, 0) is 17.4 Å². The summed E-state index contributed by atoms with van der Waals surface area (Å²) in [7, 11) is 0. The largest absolute Gasteiger partial charge is 0.444 e. The topological polar surface area (TPSA) is 38.1 Å². The Hall–Kier alpha value is -1.61. The van der Waals surface area contributed by atoms with Crippen LogP contribution in [-0.4, -0.2) is 4.98 Å². The van der Waals surface area contributed by atoms with Crippen LogP contribution in [0.3, 0.4) is 0 Å². The highest BCUT2D eigenvalue weighted by Gasteiger charge is 2.20. The Morgan fingerprint density at radius 2 is 1.90 bits per heavy atom. The third kappa shape index (κ3) is 5.01. The van der Waals surface area contributed by atoms with Gasteiger partial charge in [-0.25, -0.2) is 4.98 Å². The molecule has 2 rings (SSSR count). The lowest BCUT2D eigenvalue weighted by molar-refractivity contribution is 0.301. The number of oxazole rings is 1. The number of nitrogens with zero attached hydrogens (tertiary/aromatic N) is 1. The number of aromatic nitrogens is 1. The third-order valence-electron chi connectivity index (χ3n) is 3.47. The molecule has 1 unspecified atom stereocenters. The normalized spacial score (nSPS) is 13.3. The van der Waals surface area contributed by atoms with Gasteiger partial charge in [0.2, 0.25) is 5.89 Å². The van der Waals surface area contributed by atoms with Crippen LogP contribution in [0.1, 0.15) is 57.4 Å². The van der Waals surface area contributed by atoms with Gasteiger partial charge in [0.25, 0.3) is 0 Å². The van der Waals surface area contributed by atoms with Gasteiger partial charge in [-0.15, -0.1) is 0 Å². The van der Waals surface area contributed by atoms with Crippen LogP contribution in [0, 0.1) is 5.41 Å². The van der Waals surface area contributed by atoms with E-state index < -0.39 is 0 Å². The fraction of sp³-hybridized carbons (Fsp3) is 0.500. The molecule has 1 N–H and O–H groups in total. The Labute approximate surface area is 127 Å². The predicted octanol–water partition coefficient (Wildman–Crippen LogP) is 4.50. The van der Waals surface area contributed by atoms with Crippen molar-refractivity contribution in [3.8, 4) is 0 Å². The van der Waals surface area contributed by atoms with Crippen molar-refractivity contribution in [2.24, 2.45) is 5.41 Å². The smallest absolute Gasteiger partial charge is 0.208 e. The number of rotatable bonds is 6. The van der Waals surface area contributed by atoms with E-state index in [0.717, 1.165) is 24.5 Å².